The molecule has 3 N–H and O–H groups in total. The van der Waals surface area contributed by atoms with E-state index in [4.69, 9.17) is 15.2 Å². The maximum atomic E-state index is 11.9. The standard InChI is InChI=1S/C16H26N2O3/c1-10(2)15(17)16(19)18-11(3)8-12-6-7-13(20-4)14(9-12)21-5/h6-7,9-11,15H,8,17H2,1-5H3,(H,18,19)/t11?,15-/m0/s1. The average Bonchev–Trinajstić information content (AvgIpc) is 2.45. The van der Waals surface area contributed by atoms with Gasteiger partial charge >= 0.3 is 0 Å². The lowest BCUT2D eigenvalue weighted by Gasteiger charge is -2.20. The van der Waals surface area contributed by atoms with E-state index in [1.54, 1.807) is 14.2 Å². The molecule has 0 aliphatic carbocycles. The number of amides is 1. The highest BCUT2D eigenvalue weighted by Crippen LogP contribution is 2.27. The van der Waals surface area contributed by atoms with Gasteiger partial charge in [0, 0.05) is 6.04 Å². The summed E-state index contributed by atoms with van der Waals surface area (Å²) in [5.41, 5.74) is 6.90. The van der Waals surface area contributed by atoms with Crippen molar-refractivity contribution < 1.29 is 14.3 Å². The predicted octanol–water partition coefficient (Wildman–Crippen LogP) is 1.73. The van der Waals surface area contributed by atoms with Gasteiger partial charge in [0.05, 0.1) is 20.3 Å². The van der Waals surface area contributed by atoms with Crippen LogP contribution in [0.25, 0.3) is 0 Å². The van der Waals surface area contributed by atoms with E-state index < -0.39 is 6.04 Å². The number of hydrogen-bond acceptors (Lipinski definition) is 4. The first-order valence-electron chi connectivity index (χ1n) is 7.15. The Kier molecular flexibility index (Phi) is 6.49. The zero-order valence-electron chi connectivity index (χ0n) is 13.5. The number of carbonyl (C=O) groups excluding carboxylic acids is 1. The topological polar surface area (TPSA) is 73.6 Å². The fourth-order valence-electron chi connectivity index (χ4n) is 2.05. The number of carbonyl (C=O) groups is 1. The molecule has 0 spiro atoms. The molecule has 1 rings (SSSR count). The van der Waals surface area contributed by atoms with Crippen molar-refractivity contribution in [3.63, 3.8) is 0 Å². The summed E-state index contributed by atoms with van der Waals surface area (Å²) in [6, 6.07) is 5.27. The van der Waals surface area contributed by atoms with Gasteiger partial charge in [-0.05, 0) is 37.0 Å². The lowest BCUT2D eigenvalue weighted by atomic mass is 10.0. The second-order valence-corrected chi connectivity index (χ2v) is 5.57. The van der Waals surface area contributed by atoms with Gasteiger partial charge in [0.15, 0.2) is 11.5 Å². The number of nitrogens with two attached hydrogens (primary N) is 1. The van der Waals surface area contributed by atoms with Crippen molar-refractivity contribution in [2.75, 3.05) is 14.2 Å². The first-order valence-corrected chi connectivity index (χ1v) is 7.15. The zero-order chi connectivity index (χ0) is 16.0. The van der Waals surface area contributed by atoms with E-state index in [-0.39, 0.29) is 17.9 Å². The molecule has 0 fully saturated rings. The van der Waals surface area contributed by atoms with Gasteiger partial charge in [-0.1, -0.05) is 19.9 Å². The van der Waals surface area contributed by atoms with Crippen molar-refractivity contribution in [3.05, 3.63) is 23.8 Å². The molecular formula is C16H26N2O3. The maximum absolute atomic E-state index is 11.9. The van der Waals surface area contributed by atoms with Crippen LogP contribution in [0.1, 0.15) is 26.3 Å². The van der Waals surface area contributed by atoms with Crippen LogP contribution >= 0.6 is 0 Å². The monoisotopic (exact) mass is 294 g/mol. The SMILES string of the molecule is COc1ccc(CC(C)NC(=O)[C@@H](N)C(C)C)cc1OC. The van der Waals surface area contributed by atoms with Crippen LogP contribution in [-0.4, -0.2) is 32.2 Å². The first-order chi connectivity index (χ1) is 9.88. The molecule has 21 heavy (non-hydrogen) atoms. The fraction of sp³-hybridized carbons (Fsp3) is 0.562. The Labute approximate surface area is 126 Å². The molecule has 0 radical (unpaired) electrons. The third kappa shape index (κ3) is 4.93. The van der Waals surface area contributed by atoms with E-state index in [2.05, 4.69) is 5.32 Å². The predicted molar refractivity (Wildman–Crippen MR) is 83.7 cm³/mol. The quantitative estimate of drug-likeness (QED) is 0.803. The van der Waals surface area contributed by atoms with Crippen LogP contribution in [-0.2, 0) is 11.2 Å². The van der Waals surface area contributed by atoms with Gasteiger partial charge in [0.1, 0.15) is 0 Å². The summed E-state index contributed by atoms with van der Waals surface area (Å²) in [4.78, 5) is 11.9. The summed E-state index contributed by atoms with van der Waals surface area (Å²) in [6.45, 7) is 5.83. The van der Waals surface area contributed by atoms with E-state index in [1.165, 1.54) is 0 Å². The summed E-state index contributed by atoms with van der Waals surface area (Å²) in [5.74, 6) is 1.39. The van der Waals surface area contributed by atoms with Crippen molar-refractivity contribution in [1.29, 1.82) is 0 Å². The number of nitrogens with one attached hydrogen (secondary N) is 1. The van der Waals surface area contributed by atoms with Crippen molar-refractivity contribution in [1.82, 2.24) is 5.32 Å². The van der Waals surface area contributed by atoms with E-state index >= 15 is 0 Å². The average molecular weight is 294 g/mol. The van der Waals surface area contributed by atoms with E-state index in [1.807, 2.05) is 39.0 Å². The van der Waals surface area contributed by atoms with Gasteiger partial charge in [0.2, 0.25) is 5.91 Å². The van der Waals surface area contributed by atoms with E-state index in [9.17, 15) is 4.79 Å². The number of hydrogen-bond donors (Lipinski definition) is 2. The van der Waals surface area contributed by atoms with Crippen LogP contribution in [0.2, 0.25) is 0 Å². The Morgan fingerprint density at radius 1 is 1.19 bits per heavy atom. The van der Waals surface area contributed by atoms with Crippen LogP contribution in [0, 0.1) is 5.92 Å². The van der Waals surface area contributed by atoms with Gasteiger partial charge in [-0.3, -0.25) is 4.79 Å². The highest BCUT2D eigenvalue weighted by Gasteiger charge is 2.19. The molecule has 0 saturated carbocycles. The lowest BCUT2D eigenvalue weighted by Crippen LogP contribution is -2.47. The van der Waals surface area contributed by atoms with E-state index in [0.29, 0.717) is 17.9 Å². The Bertz CT molecular complexity index is 475. The summed E-state index contributed by atoms with van der Waals surface area (Å²) in [6.07, 6.45) is 0.705. The van der Waals surface area contributed by atoms with Gasteiger partial charge in [-0.25, -0.2) is 0 Å². The zero-order valence-corrected chi connectivity index (χ0v) is 13.5. The number of rotatable bonds is 7. The van der Waals surface area contributed by atoms with Crippen molar-refractivity contribution in [2.45, 2.75) is 39.3 Å². The first kappa shape index (κ1) is 17.3. The molecule has 1 unspecified atom stereocenters. The summed E-state index contributed by atoms with van der Waals surface area (Å²) in [5, 5.41) is 2.94. The van der Waals surface area contributed by atoms with Gasteiger partial charge in [-0.2, -0.15) is 0 Å². The van der Waals surface area contributed by atoms with Crippen molar-refractivity contribution in [2.24, 2.45) is 11.7 Å². The molecule has 5 heteroatoms. The minimum Gasteiger partial charge on any atom is -0.493 e. The van der Waals surface area contributed by atoms with Crippen LogP contribution in [0.15, 0.2) is 18.2 Å². The van der Waals surface area contributed by atoms with Crippen LogP contribution in [0.3, 0.4) is 0 Å². The molecular weight excluding hydrogens is 268 g/mol. The third-order valence-electron chi connectivity index (χ3n) is 3.40. The molecule has 1 aromatic carbocycles. The molecule has 2 atom stereocenters. The molecule has 0 aliphatic heterocycles. The Morgan fingerprint density at radius 2 is 1.81 bits per heavy atom. The molecule has 118 valence electrons. The second kappa shape index (κ2) is 7.88. The molecule has 0 bridgehead atoms. The van der Waals surface area contributed by atoms with Crippen LogP contribution < -0.4 is 20.5 Å². The third-order valence-corrected chi connectivity index (χ3v) is 3.40. The van der Waals surface area contributed by atoms with Gasteiger partial charge in [-0.15, -0.1) is 0 Å². The minimum atomic E-state index is -0.474. The smallest absolute Gasteiger partial charge is 0.237 e. The molecule has 0 aliphatic rings. The number of methoxy groups -OCH3 is 2. The molecule has 0 heterocycles. The number of ether oxygens (including phenoxy) is 2. The summed E-state index contributed by atoms with van der Waals surface area (Å²) < 4.78 is 10.5. The highest BCUT2D eigenvalue weighted by atomic mass is 16.5. The summed E-state index contributed by atoms with van der Waals surface area (Å²) in [7, 11) is 3.21. The van der Waals surface area contributed by atoms with Gasteiger partial charge < -0.3 is 20.5 Å². The Hall–Kier alpha value is -1.75. The van der Waals surface area contributed by atoms with E-state index in [0.717, 1.165) is 5.56 Å². The molecule has 1 amide bonds. The molecule has 0 saturated heterocycles. The molecule has 0 aromatic heterocycles. The largest absolute Gasteiger partial charge is 0.493 e. The van der Waals surface area contributed by atoms with Crippen molar-refractivity contribution in [3.8, 4) is 11.5 Å². The number of benzene rings is 1. The molecule has 1 aromatic rings. The molecule has 5 nitrogen and oxygen atoms in total. The van der Waals surface area contributed by atoms with Crippen molar-refractivity contribution >= 4 is 5.91 Å². The minimum absolute atomic E-state index is 0.000371. The Balaban J connectivity index is 2.66. The van der Waals surface area contributed by atoms with Gasteiger partial charge in [0.25, 0.3) is 0 Å². The fourth-order valence-corrected chi connectivity index (χ4v) is 2.05. The highest BCUT2D eigenvalue weighted by molar-refractivity contribution is 5.82. The lowest BCUT2D eigenvalue weighted by molar-refractivity contribution is -0.123. The second-order valence-electron chi connectivity index (χ2n) is 5.57. The van der Waals surface area contributed by atoms with Crippen LogP contribution in [0.5, 0.6) is 11.5 Å². The maximum Gasteiger partial charge on any atom is 0.237 e. The van der Waals surface area contributed by atoms with Crippen LogP contribution in [0.4, 0.5) is 0 Å². The summed E-state index contributed by atoms with van der Waals surface area (Å²) >= 11 is 0. The Morgan fingerprint density at radius 3 is 2.33 bits per heavy atom. The normalized spacial score (nSPS) is 13.7.